The molecule has 0 saturated heterocycles. The summed E-state index contributed by atoms with van der Waals surface area (Å²) in [5.41, 5.74) is 8.95. The van der Waals surface area contributed by atoms with Crippen LogP contribution in [0, 0.1) is 5.82 Å². The maximum atomic E-state index is 14.2. The van der Waals surface area contributed by atoms with E-state index in [2.05, 4.69) is 10.3 Å². The van der Waals surface area contributed by atoms with E-state index in [1.165, 1.54) is 6.07 Å². The van der Waals surface area contributed by atoms with E-state index in [1.807, 2.05) is 43.4 Å². The number of benzene rings is 2. The first kappa shape index (κ1) is 17.5. The molecule has 0 radical (unpaired) electrons. The number of nitrogens with zero attached hydrogens (tertiary/aromatic N) is 3. The number of amides is 1. The lowest BCUT2D eigenvalue weighted by molar-refractivity contribution is 0.0983. The molecule has 27 heavy (non-hydrogen) atoms. The van der Waals surface area contributed by atoms with Crippen LogP contribution in [0.15, 0.2) is 53.9 Å². The minimum Gasteiger partial charge on any atom is -0.339 e. The monoisotopic (exact) mass is 367 g/mol. The quantitative estimate of drug-likeness (QED) is 0.853. The number of rotatable bonds is 2. The number of likely N-dealkylation sites (N-methyl/N-ethyl adjacent to an activating group) is 1. The molecule has 0 fully saturated rings. The van der Waals surface area contributed by atoms with Gasteiger partial charge in [0.25, 0.3) is 5.91 Å². The van der Waals surface area contributed by atoms with Gasteiger partial charge in [0, 0.05) is 43.9 Å². The maximum absolute atomic E-state index is 14.2. The van der Waals surface area contributed by atoms with Gasteiger partial charge < -0.3 is 16.0 Å². The van der Waals surface area contributed by atoms with E-state index >= 15 is 0 Å². The van der Waals surface area contributed by atoms with Gasteiger partial charge in [0.1, 0.15) is 11.6 Å². The molecule has 7 heteroatoms. The van der Waals surface area contributed by atoms with E-state index in [-0.39, 0.29) is 12.5 Å². The van der Waals surface area contributed by atoms with Crippen molar-refractivity contribution in [2.45, 2.75) is 6.54 Å². The second kappa shape index (κ2) is 6.68. The SMILES string of the molecule is CN1CC2=C(Nc3ccccc3N(C(=O)c3ccc(CN)c(F)c3)C2)N1C. The van der Waals surface area contributed by atoms with Gasteiger partial charge in [-0.1, -0.05) is 18.2 Å². The fraction of sp³-hybridized carbons (Fsp3) is 0.250. The number of hydrogen-bond acceptors (Lipinski definition) is 5. The number of anilines is 2. The van der Waals surface area contributed by atoms with Crippen molar-refractivity contribution in [2.24, 2.45) is 5.73 Å². The minimum atomic E-state index is -0.454. The Balaban J connectivity index is 1.76. The molecule has 0 spiro atoms. The van der Waals surface area contributed by atoms with Gasteiger partial charge in [-0.3, -0.25) is 9.80 Å². The van der Waals surface area contributed by atoms with Crippen LogP contribution in [-0.4, -0.2) is 43.1 Å². The standard InChI is InChI=1S/C20H22FN5O/c1-24-11-15-12-26(20(27)13-7-8-14(10-22)16(21)9-13)18-6-4-3-5-17(18)23-19(15)25(24)2/h3-9,23H,10-12,22H2,1-2H3. The lowest BCUT2D eigenvalue weighted by Gasteiger charge is -2.27. The van der Waals surface area contributed by atoms with Crippen LogP contribution >= 0.6 is 0 Å². The van der Waals surface area contributed by atoms with Crippen molar-refractivity contribution in [3.63, 3.8) is 0 Å². The van der Waals surface area contributed by atoms with E-state index in [9.17, 15) is 9.18 Å². The highest BCUT2D eigenvalue weighted by atomic mass is 19.1. The molecule has 0 saturated carbocycles. The average Bonchev–Trinajstić information content (AvgIpc) is 2.84. The highest BCUT2D eigenvalue weighted by molar-refractivity contribution is 6.08. The van der Waals surface area contributed by atoms with Crippen LogP contribution in [0.1, 0.15) is 15.9 Å². The van der Waals surface area contributed by atoms with Crippen molar-refractivity contribution in [1.29, 1.82) is 0 Å². The number of halogens is 1. The minimum absolute atomic E-state index is 0.103. The number of carbonyl (C=O) groups excluding carboxylic acids is 1. The summed E-state index contributed by atoms with van der Waals surface area (Å²) in [7, 11) is 3.98. The van der Waals surface area contributed by atoms with Gasteiger partial charge in [0.05, 0.1) is 17.9 Å². The van der Waals surface area contributed by atoms with Crippen LogP contribution in [0.5, 0.6) is 0 Å². The third kappa shape index (κ3) is 2.94. The molecule has 2 aliphatic heterocycles. The molecule has 0 bridgehead atoms. The number of hydrogen-bond donors (Lipinski definition) is 2. The van der Waals surface area contributed by atoms with Crippen molar-refractivity contribution in [3.05, 3.63) is 70.8 Å². The predicted molar refractivity (Wildman–Crippen MR) is 103 cm³/mol. The Morgan fingerprint density at radius 2 is 1.96 bits per heavy atom. The lowest BCUT2D eigenvalue weighted by Crippen LogP contribution is -2.35. The van der Waals surface area contributed by atoms with E-state index < -0.39 is 5.82 Å². The van der Waals surface area contributed by atoms with Crippen molar-refractivity contribution in [2.75, 3.05) is 37.4 Å². The molecule has 0 atom stereocenters. The van der Waals surface area contributed by atoms with Gasteiger partial charge in [-0.05, 0) is 24.3 Å². The largest absolute Gasteiger partial charge is 0.339 e. The average molecular weight is 367 g/mol. The van der Waals surface area contributed by atoms with Crippen LogP contribution in [0.25, 0.3) is 0 Å². The first-order valence-corrected chi connectivity index (χ1v) is 8.83. The zero-order chi connectivity index (χ0) is 19.1. The number of hydrazine groups is 1. The number of nitrogens with two attached hydrogens (primary N) is 1. The number of carbonyl (C=O) groups is 1. The molecule has 2 heterocycles. The number of nitrogens with one attached hydrogen (secondary N) is 1. The maximum Gasteiger partial charge on any atom is 0.258 e. The molecule has 2 aromatic carbocycles. The Morgan fingerprint density at radius 1 is 1.19 bits per heavy atom. The summed E-state index contributed by atoms with van der Waals surface area (Å²) >= 11 is 0. The Kier molecular flexibility index (Phi) is 4.33. The molecule has 1 amide bonds. The zero-order valence-electron chi connectivity index (χ0n) is 15.4. The highest BCUT2D eigenvalue weighted by Crippen LogP contribution is 2.35. The predicted octanol–water partition coefficient (Wildman–Crippen LogP) is 2.36. The van der Waals surface area contributed by atoms with Crippen LogP contribution in [0.2, 0.25) is 0 Å². The summed E-state index contributed by atoms with van der Waals surface area (Å²) in [6, 6.07) is 12.1. The number of para-hydroxylation sites is 2. The van der Waals surface area contributed by atoms with Gasteiger partial charge in [-0.25, -0.2) is 9.40 Å². The fourth-order valence-electron chi connectivity index (χ4n) is 3.55. The normalized spacial score (nSPS) is 16.7. The topological polar surface area (TPSA) is 64.8 Å². The molecular formula is C20H22FN5O. The molecular weight excluding hydrogens is 345 g/mol. The molecule has 2 aliphatic rings. The first-order chi connectivity index (χ1) is 13.0. The lowest BCUT2D eigenvalue weighted by atomic mass is 10.1. The van der Waals surface area contributed by atoms with Gasteiger partial charge >= 0.3 is 0 Å². The van der Waals surface area contributed by atoms with E-state index in [1.54, 1.807) is 17.0 Å². The highest BCUT2D eigenvalue weighted by Gasteiger charge is 2.32. The second-order valence-corrected chi connectivity index (χ2v) is 6.84. The fourth-order valence-corrected chi connectivity index (χ4v) is 3.55. The Labute approximate surface area is 157 Å². The third-order valence-corrected chi connectivity index (χ3v) is 5.15. The van der Waals surface area contributed by atoms with E-state index in [0.29, 0.717) is 17.7 Å². The van der Waals surface area contributed by atoms with Gasteiger partial charge in [-0.15, -0.1) is 0 Å². The summed E-state index contributed by atoms with van der Waals surface area (Å²) in [6.07, 6.45) is 0. The summed E-state index contributed by atoms with van der Waals surface area (Å²) in [5, 5.41) is 7.56. The van der Waals surface area contributed by atoms with Gasteiger partial charge in [0.15, 0.2) is 0 Å². The Bertz CT molecular complexity index is 942. The summed E-state index contributed by atoms with van der Waals surface area (Å²) < 4.78 is 14.2. The molecule has 0 aromatic heterocycles. The van der Waals surface area contributed by atoms with Crippen LogP contribution in [-0.2, 0) is 6.54 Å². The van der Waals surface area contributed by atoms with Crippen LogP contribution < -0.4 is 16.0 Å². The summed E-state index contributed by atoms with van der Waals surface area (Å²) in [6.45, 7) is 1.26. The smallest absolute Gasteiger partial charge is 0.258 e. The van der Waals surface area contributed by atoms with Crippen molar-refractivity contribution in [3.8, 4) is 0 Å². The van der Waals surface area contributed by atoms with Gasteiger partial charge in [-0.2, -0.15) is 0 Å². The van der Waals surface area contributed by atoms with Crippen molar-refractivity contribution >= 4 is 17.3 Å². The Hall–Kier alpha value is -2.90. The number of fused-ring (bicyclic) bond motifs is 1. The molecule has 6 nitrogen and oxygen atoms in total. The Morgan fingerprint density at radius 3 is 2.70 bits per heavy atom. The summed E-state index contributed by atoms with van der Waals surface area (Å²) in [5.74, 6) is 0.285. The van der Waals surface area contributed by atoms with Crippen molar-refractivity contribution < 1.29 is 9.18 Å². The van der Waals surface area contributed by atoms with E-state index in [4.69, 9.17) is 5.73 Å². The molecule has 2 aromatic rings. The first-order valence-electron chi connectivity index (χ1n) is 8.83. The molecule has 3 N–H and O–H groups in total. The second-order valence-electron chi connectivity index (χ2n) is 6.84. The van der Waals surface area contributed by atoms with Gasteiger partial charge in [0.2, 0.25) is 0 Å². The summed E-state index contributed by atoms with van der Waals surface area (Å²) in [4.78, 5) is 15.0. The van der Waals surface area contributed by atoms with Crippen LogP contribution in [0.4, 0.5) is 15.8 Å². The van der Waals surface area contributed by atoms with E-state index in [0.717, 1.165) is 29.3 Å². The zero-order valence-corrected chi connectivity index (χ0v) is 15.4. The molecule has 0 unspecified atom stereocenters. The molecule has 0 aliphatic carbocycles. The van der Waals surface area contributed by atoms with Crippen molar-refractivity contribution in [1.82, 2.24) is 10.0 Å². The molecule has 140 valence electrons. The third-order valence-electron chi connectivity index (χ3n) is 5.15. The van der Waals surface area contributed by atoms with Crippen LogP contribution in [0.3, 0.4) is 0 Å². The molecule has 4 rings (SSSR count).